The Balaban J connectivity index is 2.25. The van der Waals surface area contributed by atoms with Gasteiger partial charge >= 0.3 is 5.76 Å². The Bertz CT molecular complexity index is 766. The Hall–Kier alpha value is -1.26. The lowest BCUT2D eigenvalue weighted by molar-refractivity contribution is 0.235. The number of rotatable bonds is 5. The van der Waals surface area contributed by atoms with Gasteiger partial charge in [-0.3, -0.25) is 0 Å². The lowest BCUT2D eigenvalue weighted by Crippen LogP contribution is -2.44. The normalized spacial score (nSPS) is 20.6. The zero-order valence-electron chi connectivity index (χ0n) is 12.4. The first-order valence-electron chi connectivity index (χ1n) is 6.95. The number of nitrogens with one attached hydrogen (secondary N) is 1. The van der Waals surface area contributed by atoms with Crippen LogP contribution in [0.25, 0.3) is 0 Å². The van der Waals surface area contributed by atoms with Gasteiger partial charge in [-0.1, -0.05) is 12.1 Å². The fraction of sp³-hybridized carbons (Fsp3) is 0.538. The first-order chi connectivity index (χ1) is 10.6. The third-order valence-electron chi connectivity index (χ3n) is 3.64. The van der Waals surface area contributed by atoms with Gasteiger partial charge in [0.05, 0.1) is 16.8 Å². The molecule has 1 saturated heterocycles. The van der Waals surface area contributed by atoms with Gasteiger partial charge in [-0.2, -0.15) is 8.78 Å². The second kappa shape index (κ2) is 6.70. The molecule has 1 atom stereocenters. The van der Waals surface area contributed by atoms with Crippen LogP contribution < -0.4 is 5.32 Å². The van der Waals surface area contributed by atoms with Crippen LogP contribution in [-0.2, 0) is 19.9 Å². The second-order valence-corrected chi connectivity index (χ2v) is 9.27. The molecule has 6 nitrogen and oxygen atoms in total. The second-order valence-electron chi connectivity index (χ2n) is 5.41. The summed E-state index contributed by atoms with van der Waals surface area (Å²) < 4.78 is 73.5. The summed E-state index contributed by atoms with van der Waals surface area (Å²) in [7, 11) is -8.08. The van der Waals surface area contributed by atoms with Gasteiger partial charge in [0, 0.05) is 19.1 Å². The molecule has 1 unspecified atom stereocenters. The molecule has 0 aromatic heterocycles. The molecule has 0 aliphatic carbocycles. The largest absolute Gasteiger partial charge is 0.380 e. The van der Waals surface area contributed by atoms with Crippen LogP contribution in [0.5, 0.6) is 0 Å². The van der Waals surface area contributed by atoms with Crippen molar-refractivity contribution in [1.82, 2.24) is 4.31 Å². The van der Waals surface area contributed by atoms with E-state index in [1.165, 1.54) is 22.5 Å². The molecular weight excluding hydrogens is 350 g/mol. The third kappa shape index (κ3) is 4.18. The highest BCUT2D eigenvalue weighted by Crippen LogP contribution is 2.28. The Morgan fingerprint density at radius 3 is 2.48 bits per heavy atom. The van der Waals surface area contributed by atoms with Crippen LogP contribution in [0, 0.1) is 0 Å². The summed E-state index contributed by atoms with van der Waals surface area (Å²) in [4.78, 5) is -0.480. The van der Waals surface area contributed by atoms with Crippen LogP contribution in [0.1, 0.15) is 12.8 Å². The van der Waals surface area contributed by atoms with Crippen LogP contribution in [0.3, 0.4) is 0 Å². The predicted molar refractivity (Wildman–Crippen MR) is 82.7 cm³/mol. The molecule has 10 heteroatoms. The molecule has 1 aliphatic rings. The van der Waals surface area contributed by atoms with E-state index in [1.807, 2.05) is 0 Å². The molecule has 1 aromatic carbocycles. The van der Waals surface area contributed by atoms with Crippen LogP contribution >= 0.6 is 0 Å². The molecule has 23 heavy (non-hydrogen) atoms. The third-order valence-corrected chi connectivity index (χ3v) is 6.35. The van der Waals surface area contributed by atoms with Crippen LogP contribution in [-0.4, -0.2) is 52.3 Å². The first kappa shape index (κ1) is 18.1. The molecule has 2 rings (SSSR count). The average molecular weight is 368 g/mol. The minimum atomic E-state index is -4.73. The molecule has 1 fully saturated rings. The minimum Gasteiger partial charge on any atom is -0.380 e. The van der Waals surface area contributed by atoms with E-state index in [-0.39, 0.29) is 18.3 Å². The molecule has 1 aliphatic heterocycles. The maximum Gasteiger partial charge on any atom is 0.341 e. The fourth-order valence-electron chi connectivity index (χ4n) is 2.51. The summed E-state index contributed by atoms with van der Waals surface area (Å²) in [5, 5.41) is 2.89. The summed E-state index contributed by atoms with van der Waals surface area (Å²) in [6, 6.07) is 5.07. The number of benzene rings is 1. The van der Waals surface area contributed by atoms with Crippen molar-refractivity contribution in [3.8, 4) is 0 Å². The number of anilines is 1. The number of piperidine rings is 1. The van der Waals surface area contributed by atoms with Crippen LogP contribution in [0.2, 0.25) is 0 Å². The number of sulfone groups is 1. The topological polar surface area (TPSA) is 83.6 Å². The van der Waals surface area contributed by atoms with Gasteiger partial charge < -0.3 is 5.32 Å². The minimum absolute atomic E-state index is 0.0631. The molecule has 130 valence electrons. The van der Waals surface area contributed by atoms with Gasteiger partial charge in [0.1, 0.15) is 0 Å². The van der Waals surface area contributed by atoms with E-state index >= 15 is 0 Å². The van der Waals surface area contributed by atoms with Crippen LogP contribution in [0.4, 0.5) is 14.5 Å². The summed E-state index contributed by atoms with van der Waals surface area (Å²) in [6.45, 7) is 0.565. The SMILES string of the molecule is CS(=O)(=O)N1CCCC(Nc2ccccc2S(=O)(=O)C(F)F)C1. The molecule has 1 heterocycles. The molecule has 0 bridgehead atoms. The van der Waals surface area contributed by atoms with Gasteiger partial charge in [-0.25, -0.2) is 21.1 Å². The van der Waals surface area contributed by atoms with Gasteiger partial charge in [-0.15, -0.1) is 0 Å². The van der Waals surface area contributed by atoms with Crippen molar-refractivity contribution >= 4 is 25.5 Å². The van der Waals surface area contributed by atoms with Gasteiger partial charge in [-0.05, 0) is 25.0 Å². The molecule has 0 spiro atoms. The number of hydrogen-bond acceptors (Lipinski definition) is 5. The Morgan fingerprint density at radius 1 is 1.22 bits per heavy atom. The Labute approximate surface area is 134 Å². The van der Waals surface area contributed by atoms with E-state index in [0.717, 1.165) is 12.3 Å². The molecular formula is C13H18F2N2O4S2. The molecule has 0 amide bonds. The molecule has 0 saturated carbocycles. The van der Waals surface area contributed by atoms with Crippen molar-refractivity contribution in [2.75, 3.05) is 24.7 Å². The average Bonchev–Trinajstić information content (AvgIpc) is 2.47. The zero-order chi connectivity index (χ0) is 17.3. The Kier molecular flexibility index (Phi) is 5.27. The van der Waals surface area contributed by atoms with Crippen molar-refractivity contribution in [3.63, 3.8) is 0 Å². The number of alkyl halides is 2. The summed E-state index contributed by atoms with van der Waals surface area (Å²) in [5.41, 5.74) is 0.0631. The smallest absolute Gasteiger partial charge is 0.341 e. The number of nitrogens with zero attached hydrogens (tertiary/aromatic N) is 1. The van der Waals surface area contributed by atoms with Crippen molar-refractivity contribution in [2.45, 2.75) is 29.5 Å². The van der Waals surface area contributed by atoms with E-state index in [9.17, 15) is 25.6 Å². The summed E-state index contributed by atoms with van der Waals surface area (Å²) >= 11 is 0. The highest BCUT2D eigenvalue weighted by molar-refractivity contribution is 7.91. The van der Waals surface area contributed by atoms with Crippen molar-refractivity contribution < 1.29 is 25.6 Å². The number of sulfonamides is 1. The zero-order valence-corrected chi connectivity index (χ0v) is 14.1. The fourth-order valence-corrected chi connectivity index (χ4v) is 4.32. The van der Waals surface area contributed by atoms with E-state index in [1.54, 1.807) is 0 Å². The number of para-hydroxylation sites is 1. The highest BCUT2D eigenvalue weighted by atomic mass is 32.2. The lowest BCUT2D eigenvalue weighted by Gasteiger charge is -2.32. The summed E-state index contributed by atoms with van der Waals surface area (Å²) in [6.07, 6.45) is 2.33. The van der Waals surface area contributed by atoms with Gasteiger partial charge in [0.2, 0.25) is 19.9 Å². The lowest BCUT2D eigenvalue weighted by atomic mass is 10.1. The number of hydrogen-bond donors (Lipinski definition) is 1. The standard InChI is InChI=1S/C13H18F2N2O4S2/c1-22(18,19)17-8-4-5-10(9-17)16-11-6-2-3-7-12(11)23(20,21)13(14)15/h2-3,6-7,10,13,16H,4-5,8-9H2,1H3. The van der Waals surface area contributed by atoms with Crippen molar-refractivity contribution in [1.29, 1.82) is 0 Å². The van der Waals surface area contributed by atoms with Crippen LogP contribution in [0.15, 0.2) is 29.2 Å². The van der Waals surface area contributed by atoms with E-state index < -0.39 is 30.5 Å². The van der Waals surface area contributed by atoms with E-state index in [2.05, 4.69) is 5.32 Å². The van der Waals surface area contributed by atoms with Gasteiger partial charge in [0.25, 0.3) is 0 Å². The highest BCUT2D eigenvalue weighted by Gasteiger charge is 2.31. The maximum atomic E-state index is 12.8. The molecule has 1 N–H and O–H groups in total. The monoisotopic (exact) mass is 368 g/mol. The first-order valence-corrected chi connectivity index (χ1v) is 10.3. The number of halogens is 2. The molecule has 0 radical (unpaired) electrons. The van der Waals surface area contributed by atoms with E-state index in [4.69, 9.17) is 0 Å². The van der Waals surface area contributed by atoms with Crippen molar-refractivity contribution in [3.05, 3.63) is 24.3 Å². The Morgan fingerprint density at radius 2 is 1.87 bits per heavy atom. The predicted octanol–water partition coefficient (Wildman–Crippen LogP) is 1.52. The quantitative estimate of drug-likeness (QED) is 0.852. The summed E-state index contributed by atoms with van der Waals surface area (Å²) in [5.74, 6) is -3.51. The van der Waals surface area contributed by atoms with Gasteiger partial charge in [0.15, 0.2) is 0 Å². The molecule has 1 aromatic rings. The van der Waals surface area contributed by atoms with E-state index in [0.29, 0.717) is 19.4 Å². The maximum absolute atomic E-state index is 12.8. The van der Waals surface area contributed by atoms with Crippen molar-refractivity contribution in [2.24, 2.45) is 0 Å².